The van der Waals surface area contributed by atoms with E-state index in [4.69, 9.17) is 4.74 Å². The second kappa shape index (κ2) is 7.57. The second-order valence-electron chi connectivity index (χ2n) is 5.78. The number of aliphatic hydroxyl groups excluding tert-OH is 1. The first kappa shape index (κ1) is 16.0. The third kappa shape index (κ3) is 4.55. The number of piperidine rings is 1. The first-order chi connectivity index (χ1) is 10.1. The van der Waals surface area contributed by atoms with E-state index >= 15 is 0 Å². The van der Waals surface area contributed by atoms with E-state index in [0.29, 0.717) is 19.7 Å². The molecule has 2 unspecified atom stereocenters. The molecule has 2 rings (SSSR count). The fourth-order valence-corrected chi connectivity index (χ4v) is 2.81. The van der Waals surface area contributed by atoms with Crippen LogP contribution in [0.1, 0.15) is 37.0 Å². The molecule has 0 aromatic heterocycles. The lowest BCUT2D eigenvalue weighted by atomic mass is 9.97. The number of nitrogens with zero attached hydrogens (tertiary/aromatic N) is 1. The highest BCUT2D eigenvalue weighted by atomic mass is 16.5. The summed E-state index contributed by atoms with van der Waals surface area (Å²) in [5.41, 5.74) is 2.12. The van der Waals surface area contributed by atoms with E-state index in [-0.39, 0.29) is 11.9 Å². The van der Waals surface area contributed by atoms with Crippen LogP contribution in [0.3, 0.4) is 0 Å². The average molecular weight is 291 g/mol. The molecule has 2 atom stereocenters. The summed E-state index contributed by atoms with van der Waals surface area (Å²) in [6, 6.07) is 7.95. The number of hydrogen-bond acceptors (Lipinski definition) is 4. The number of esters is 1. The molecule has 0 bridgehead atoms. The molecule has 1 N–H and O–H groups in total. The fourth-order valence-electron chi connectivity index (χ4n) is 2.81. The monoisotopic (exact) mass is 291 g/mol. The van der Waals surface area contributed by atoms with Crippen molar-refractivity contribution in [3.63, 3.8) is 0 Å². The molecule has 1 heterocycles. The zero-order valence-electron chi connectivity index (χ0n) is 12.9. The minimum Gasteiger partial charge on any atom is -0.466 e. The topological polar surface area (TPSA) is 49.8 Å². The number of aryl methyl sites for hydroxylation is 1. The van der Waals surface area contributed by atoms with E-state index in [0.717, 1.165) is 24.9 Å². The lowest BCUT2D eigenvalue weighted by Crippen LogP contribution is -2.41. The Morgan fingerprint density at radius 2 is 2.14 bits per heavy atom. The van der Waals surface area contributed by atoms with Crippen LogP contribution >= 0.6 is 0 Å². The zero-order chi connectivity index (χ0) is 15.2. The number of ether oxygens (including phenoxy) is 1. The van der Waals surface area contributed by atoms with E-state index in [2.05, 4.69) is 4.90 Å². The molecule has 1 fully saturated rings. The van der Waals surface area contributed by atoms with Crippen molar-refractivity contribution in [2.24, 2.45) is 5.92 Å². The Bertz CT molecular complexity index is 458. The SMILES string of the molecule is CCOC(=O)C1CCCN(CC(O)c2ccc(C)cc2)C1. The van der Waals surface area contributed by atoms with Gasteiger partial charge in [-0.15, -0.1) is 0 Å². The van der Waals surface area contributed by atoms with E-state index in [1.165, 1.54) is 5.56 Å². The van der Waals surface area contributed by atoms with Gasteiger partial charge >= 0.3 is 5.97 Å². The van der Waals surface area contributed by atoms with Crippen molar-refractivity contribution >= 4 is 5.97 Å². The predicted molar refractivity (Wildman–Crippen MR) is 81.9 cm³/mol. The molecule has 1 aromatic rings. The molecule has 0 aliphatic carbocycles. The highest BCUT2D eigenvalue weighted by Gasteiger charge is 2.27. The van der Waals surface area contributed by atoms with Crippen molar-refractivity contribution < 1.29 is 14.6 Å². The quantitative estimate of drug-likeness (QED) is 0.846. The molecule has 1 saturated heterocycles. The van der Waals surface area contributed by atoms with Gasteiger partial charge in [0.05, 0.1) is 18.6 Å². The normalized spacial score (nSPS) is 21.0. The molecule has 116 valence electrons. The molecule has 1 aliphatic rings. The number of carbonyl (C=O) groups is 1. The van der Waals surface area contributed by atoms with Crippen molar-refractivity contribution in [3.8, 4) is 0 Å². The summed E-state index contributed by atoms with van der Waals surface area (Å²) in [7, 11) is 0. The van der Waals surface area contributed by atoms with Crippen LogP contribution in [0.15, 0.2) is 24.3 Å². The third-order valence-electron chi connectivity index (χ3n) is 4.02. The second-order valence-corrected chi connectivity index (χ2v) is 5.78. The molecular formula is C17H25NO3. The van der Waals surface area contributed by atoms with Crippen LogP contribution in [0.2, 0.25) is 0 Å². The number of β-amino-alcohol motifs (C(OH)–C–C–N with tert-alkyl or cyclic N) is 1. The predicted octanol–water partition coefficient (Wildman–Crippen LogP) is 2.30. The highest BCUT2D eigenvalue weighted by molar-refractivity contribution is 5.72. The lowest BCUT2D eigenvalue weighted by molar-refractivity contribution is -0.150. The molecular weight excluding hydrogens is 266 g/mol. The van der Waals surface area contributed by atoms with Gasteiger partial charge in [-0.2, -0.15) is 0 Å². The number of likely N-dealkylation sites (tertiary alicyclic amines) is 1. The van der Waals surface area contributed by atoms with Crippen LogP contribution in [0.25, 0.3) is 0 Å². The fraction of sp³-hybridized carbons (Fsp3) is 0.588. The average Bonchev–Trinajstić information content (AvgIpc) is 2.48. The Kier molecular flexibility index (Phi) is 5.76. The lowest BCUT2D eigenvalue weighted by Gasteiger charge is -2.32. The smallest absolute Gasteiger partial charge is 0.310 e. The molecule has 0 saturated carbocycles. The Morgan fingerprint density at radius 1 is 1.43 bits per heavy atom. The summed E-state index contributed by atoms with van der Waals surface area (Å²) < 4.78 is 5.10. The van der Waals surface area contributed by atoms with Crippen molar-refractivity contribution in [1.29, 1.82) is 0 Å². The van der Waals surface area contributed by atoms with Crippen LogP contribution in [-0.2, 0) is 9.53 Å². The molecule has 0 radical (unpaired) electrons. The molecule has 21 heavy (non-hydrogen) atoms. The van der Waals surface area contributed by atoms with Gasteiger partial charge in [-0.05, 0) is 38.8 Å². The molecule has 1 aliphatic heterocycles. The Labute approximate surface area is 126 Å². The van der Waals surface area contributed by atoms with Gasteiger partial charge in [-0.1, -0.05) is 29.8 Å². The van der Waals surface area contributed by atoms with E-state index in [1.807, 2.05) is 38.1 Å². The third-order valence-corrected chi connectivity index (χ3v) is 4.02. The van der Waals surface area contributed by atoms with Crippen molar-refractivity contribution in [2.45, 2.75) is 32.8 Å². The van der Waals surface area contributed by atoms with E-state index in [9.17, 15) is 9.90 Å². The largest absolute Gasteiger partial charge is 0.466 e. The first-order valence-corrected chi connectivity index (χ1v) is 7.73. The number of aliphatic hydroxyl groups is 1. The van der Waals surface area contributed by atoms with Crippen molar-refractivity contribution in [1.82, 2.24) is 4.90 Å². The summed E-state index contributed by atoms with van der Waals surface area (Å²) in [6.07, 6.45) is 1.35. The maximum Gasteiger partial charge on any atom is 0.310 e. The van der Waals surface area contributed by atoms with Crippen molar-refractivity contribution in [3.05, 3.63) is 35.4 Å². The summed E-state index contributed by atoms with van der Waals surface area (Å²) >= 11 is 0. The van der Waals surface area contributed by atoms with Gasteiger partial charge in [0.2, 0.25) is 0 Å². The maximum absolute atomic E-state index is 11.8. The van der Waals surface area contributed by atoms with Crippen LogP contribution < -0.4 is 0 Å². The zero-order valence-corrected chi connectivity index (χ0v) is 12.9. The molecule has 4 nitrogen and oxygen atoms in total. The van der Waals surface area contributed by atoms with Gasteiger partial charge < -0.3 is 9.84 Å². The van der Waals surface area contributed by atoms with Crippen LogP contribution in [0.5, 0.6) is 0 Å². The van der Waals surface area contributed by atoms with Gasteiger partial charge in [-0.25, -0.2) is 0 Å². The highest BCUT2D eigenvalue weighted by Crippen LogP contribution is 2.21. The Morgan fingerprint density at radius 3 is 2.81 bits per heavy atom. The van der Waals surface area contributed by atoms with Crippen LogP contribution in [0, 0.1) is 12.8 Å². The summed E-state index contributed by atoms with van der Waals surface area (Å²) in [5.74, 6) is -0.157. The summed E-state index contributed by atoms with van der Waals surface area (Å²) in [6.45, 7) is 6.48. The number of hydrogen-bond donors (Lipinski definition) is 1. The van der Waals surface area contributed by atoms with Gasteiger partial charge in [-0.3, -0.25) is 9.69 Å². The van der Waals surface area contributed by atoms with Gasteiger partial charge in [0.15, 0.2) is 0 Å². The maximum atomic E-state index is 11.8. The molecule has 1 aromatic carbocycles. The number of benzene rings is 1. The van der Waals surface area contributed by atoms with Crippen molar-refractivity contribution in [2.75, 3.05) is 26.2 Å². The van der Waals surface area contributed by atoms with E-state index in [1.54, 1.807) is 0 Å². The van der Waals surface area contributed by atoms with Crippen LogP contribution in [0.4, 0.5) is 0 Å². The number of carbonyl (C=O) groups excluding carboxylic acids is 1. The van der Waals surface area contributed by atoms with Gasteiger partial charge in [0, 0.05) is 13.1 Å². The standard InChI is InChI=1S/C17H25NO3/c1-3-21-17(20)15-5-4-10-18(11-15)12-16(19)14-8-6-13(2)7-9-14/h6-9,15-16,19H,3-5,10-12H2,1-2H3. The minimum atomic E-state index is -0.508. The molecule has 0 spiro atoms. The Balaban J connectivity index is 1.89. The van der Waals surface area contributed by atoms with E-state index < -0.39 is 6.10 Å². The first-order valence-electron chi connectivity index (χ1n) is 7.73. The minimum absolute atomic E-state index is 0.0519. The van der Waals surface area contributed by atoms with Crippen LogP contribution in [-0.4, -0.2) is 42.2 Å². The summed E-state index contributed by atoms with van der Waals surface area (Å²) in [5, 5.41) is 10.3. The summed E-state index contributed by atoms with van der Waals surface area (Å²) in [4.78, 5) is 14.0. The molecule has 4 heteroatoms. The number of rotatable bonds is 5. The Hall–Kier alpha value is -1.39. The molecule has 0 amide bonds. The van der Waals surface area contributed by atoms with Gasteiger partial charge in [0.25, 0.3) is 0 Å². The van der Waals surface area contributed by atoms with Gasteiger partial charge in [0.1, 0.15) is 0 Å².